The summed E-state index contributed by atoms with van der Waals surface area (Å²) in [6.07, 6.45) is 4.07. The zero-order valence-electron chi connectivity index (χ0n) is 29.7. The number of methoxy groups -OCH3 is 1. The van der Waals surface area contributed by atoms with Crippen LogP contribution in [0.4, 0.5) is 5.69 Å². The molecule has 0 radical (unpaired) electrons. The van der Waals surface area contributed by atoms with E-state index in [0.29, 0.717) is 43.3 Å². The Morgan fingerprint density at radius 1 is 1.06 bits per heavy atom. The summed E-state index contributed by atoms with van der Waals surface area (Å²) < 4.78 is 19.5. The molecular formula is C39H49N4O7+. The highest BCUT2D eigenvalue weighted by Gasteiger charge is 2.47. The standard InChI is InChI=1S/C39H48N4O7/c1-6-7-16-42(29-13-10-11-26(18-29)24-43(2,3)4)35(44)23-41-22-31(28-19-33(48-5)37-34(20-28)49-25-50-37)36(39(46)47)32(41)15-17-40-21-27-12-8-9-14-30(27)38(40)45/h8-14,18-21,31-32,36H,6-7,15-17,22-25H2,1-5H3,(H-,45,46,47)/p+1/t31-,32+,36?/m1/s1. The summed E-state index contributed by atoms with van der Waals surface area (Å²) in [7, 11) is 7.97. The number of hydrogen-bond donors (Lipinski definition) is 2. The van der Waals surface area contributed by atoms with Crippen LogP contribution in [0.15, 0.2) is 66.9 Å². The van der Waals surface area contributed by atoms with Gasteiger partial charge in [0.05, 0.1) is 40.7 Å². The molecule has 2 aliphatic rings. The molecule has 0 saturated carbocycles. The summed E-state index contributed by atoms with van der Waals surface area (Å²) in [5.41, 5.74) is 2.75. The van der Waals surface area contributed by atoms with Gasteiger partial charge in [-0.05, 0) is 48.7 Å². The number of likely N-dealkylation sites (tertiary alicyclic amines) is 1. The van der Waals surface area contributed by atoms with Crippen LogP contribution in [0.5, 0.6) is 23.1 Å². The maximum absolute atomic E-state index is 14.4. The SMILES string of the molecule is CCCCN(C(=O)CN1C[C@H](c2cc(OC)c3c(c2)OCO3)C(C(=O)O)[C@@H]1CCn1cc2ccccc2c1O)c1cccc(C[N+](C)(C)C)c1. The van der Waals surface area contributed by atoms with Crippen LogP contribution < -0.4 is 19.1 Å². The van der Waals surface area contributed by atoms with Crippen LogP contribution in [0.25, 0.3) is 10.8 Å². The Morgan fingerprint density at radius 3 is 2.58 bits per heavy atom. The molecule has 11 nitrogen and oxygen atoms in total. The van der Waals surface area contributed by atoms with Crippen molar-refractivity contribution in [1.82, 2.24) is 9.47 Å². The van der Waals surface area contributed by atoms with Crippen molar-refractivity contribution >= 4 is 28.3 Å². The third-order valence-corrected chi connectivity index (χ3v) is 9.83. The van der Waals surface area contributed by atoms with Gasteiger partial charge in [-0.2, -0.15) is 0 Å². The molecule has 0 aliphatic carbocycles. The molecule has 1 fully saturated rings. The van der Waals surface area contributed by atoms with E-state index in [1.165, 1.54) is 0 Å². The second-order valence-corrected chi connectivity index (χ2v) is 14.5. The van der Waals surface area contributed by atoms with Crippen molar-refractivity contribution in [3.05, 3.63) is 78.0 Å². The lowest BCUT2D eigenvalue weighted by atomic mass is 9.84. The van der Waals surface area contributed by atoms with Gasteiger partial charge in [0.25, 0.3) is 0 Å². The molecular weight excluding hydrogens is 636 g/mol. The van der Waals surface area contributed by atoms with E-state index in [1.807, 2.05) is 64.5 Å². The second kappa shape index (κ2) is 14.6. The van der Waals surface area contributed by atoms with Crippen LogP contribution in [0.2, 0.25) is 0 Å². The molecule has 50 heavy (non-hydrogen) atoms. The number of quaternary nitrogens is 1. The first-order valence-corrected chi connectivity index (χ1v) is 17.4. The van der Waals surface area contributed by atoms with Crippen molar-refractivity contribution < 1.29 is 38.5 Å². The first kappa shape index (κ1) is 35.1. The number of ether oxygens (including phenoxy) is 3. The fourth-order valence-corrected chi connectivity index (χ4v) is 7.54. The Morgan fingerprint density at radius 2 is 1.86 bits per heavy atom. The molecule has 11 heteroatoms. The molecule has 1 amide bonds. The van der Waals surface area contributed by atoms with Crippen molar-refractivity contribution in [2.45, 2.75) is 51.2 Å². The highest BCUT2D eigenvalue weighted by molar-refractivity contribution is 5.95. The van der Waals surface area contributed by atoms with E-state index in [0.717, 1.165) is 51.5 Å². The minimum Gasteiger partial charge on any atom is -0.494 e. The van der Waals surface area contributed by atoms with E-state index in [9.17, 15) is 19.8 Å². The van der Waals surface area contributed by atoms with Gasteiger partial charge in [-0.15, -0.1) is 0 Å². The van der Waals surface area contributed by atoms with Crippen LogP contribution in [0.1, 0.15) is 43.2 Å². The zero-order chi connectivity index (χ0) is 35.6. The lowest BCUT2D eigenvalue weighted by molar-refractivity contribution is -0.884. The number of rotatable bonds is 14. The Balaban J connectivity index is 1.34. The Labute approximate surface area is 293 Å². The van der Waals surface area contributed by atoms with Crippen molar-refractivity contribution in [3.63, 3.8) is 0 Å². The highest BCUT2D eigenvalue weighted by atomic mass is 16.7. The smallest absolute Gasteiger partial charge is 0.308 e. The summed E-state index contributed by atoms with van der Waals surface area (Å²) in [6, 6.07) is 18.9. The van der Waals surface area contributed by atoms with Gasteiger partial charge in [0, 0.05) is 59.8 Å². The van der Waals surface area contributed by atoms with Gasteiger partial charge in [0.2, 0.25) is 18.4 Å². The lowest BCUT2D eigenvalue weighted by Crippen LogP contribution is -2.45. The minimum absolute atomic E-state index is 0.0511. The second-order valence-electron chi connectivity index (χ2n) is 14.5. The van der Waals surface area contributed by atoms with E-state index in [1.54, 1.807) is 11.7 Å². The van der Waals surface area contributed by atoms with Crippen molar-refractivity contribution in [2.24, 2.45) is 5.92 Å². The quantitative estimate of drug-likeness (QED) is 0.163. The molecule has 3 heterocycles. The Hall–Kier alpha value is -4.74. The molecule has 6 rings (SSSR count). The molecule has 0 bridgehead atoms. The summed E-state index contributed by atoms with van der Waals surface area (Å²) in [5, 5.41) is 23.5. The lowest BCUT2D eigenvalue weighted by Gasteiger charge is -2.30. The number of aliphatic carboxylic acids is 1. The van der Waals surface area contributed by atoms with E-state index in [2.05, 4.69) is 40.2 Å². The van der Waals surface area contributed by atoms with Crippen LogP contribution in [0.3, 0.4) is 0 Å². The third kappa shape index (κ3) is 7.39. The van der Waals surface area contributed by atoms with Gasteiger partial charge < -0.3 is 38.4 Å². The Bertz CT molecular complexity index is 1850. The third-order valence-electron chi connectivity index (χ3n) is 9.83. The van der Waals surface area contributed by atoms with E-state index >= 15 is 0 Å². The van der Waals surface area contributed by atoms with Crippen LogP contribution in [-0.4, -0.2) is 96.8 Å². The van der Waals surface area contributed by atoms with Crippen molar-refractivity contribution in [1.29, 1.82) is 0 Å². The maximum Gasteiger partial charge on any atom is 0.308 e. The number of carboxylic acids is 1. The number of aromatic nitrogens is 1. The van der Waals surface area contributed by atoms with E-state index < -0.39 is 23.8 Å². The number of unbranched alkanes of at least 4 members (excludes halogenated alkanes) is 1. The predicted octanol–water partition coefficient (Wildman–Crippen LogP) is 5.68. The molecule has 266 valence electrons. The first-order valence-electron chi connectivity index (χ1n) is 17.4. The number of aryl methyl sites for hydroxylation is 1. The van der Waals surface area contributed by atoms with Crippen LogP contribution in [0, 0.1) is 5.92 Å². The maximum atomic E-state index is 14.4. The number of carboxylic acid groups (broad SMARTS) is 1. The zero-order valence-corrected chi connectivity index (χ0v) is 29.7. The molecule has 3 aromatic carbocycles. The van der Waals surface area contributed by atoms with Crippen LogP contribution >= 0.6 is 0 Å². The average molecular weight is 686 g/mol. The average Bonchev–Trinajstić information content (AvgIpc) is 3.78. The summed E-state index contributed by atoms with van der Waals surface area (Å²) >= 11 is 0. The largest absolute Gasteiger partial charge is 0.494 e. The Kier molecular flexibility index (Phi) is 10.3. The fraction of sp³-hybridized carbons (Fsp3) is 0.436. The van der Waals surface area contributed by atoms with Gasteiger partial charge in [0.1, 0.15) is 6.54 Å². The number of aromatic hydroxyl groups is 1. The van der Waals surface area contributed by atoms with Gasteiger partial charge in [-0.3, -0.25) is 14.5 Å². The number of nitrogens with zero attached hydrogens (tertiary/aromatic N) is 4. The minimum atomic E-state index is -0.940. The molecule has 0 spiro atoms. The molecule has 1 aromatic heterocycles. The number of benzene rings is 3. The monoisotopic (exact) mass is 685 g/mol. The van der Waals surface area contributed by atoms with Gasteiger partial charge in [0.15, 0.2) is 17.4 Å². The fourth-order valence-electron chi connectivity index (χ4n) is 7.54. The summed E-state index contributed by atoms with van der Waals surface area (Å²) in [6.45, 7) is 4.33. The van der Waals surface area contributed by atoms with Crippen molar-refractivity contribution in [2.75, 3.05) is 59.6 Å². The predicted molar refractivity (Wildman–Crippen MR) is 192 cm³/mol. The topological polar surface area (TPSA) is 114 Å². The van der Waals surface area contributed by atoms with Crippen LogP contribution in [-0.2, 0) is 22.7 Å². The van der Waals surface area contributed by atoms with Gasteiger partial charge in [-0.25, -0.2) is 0 Å². The van der Waals surface area contributed by atoms with Gasteiger partial charge in [-0.1, -0.05) is 43.7 Å². The summed E-state index contributed by atoms with van der Waals surface area (Å²) in [5.74, 6) is -0.673. The highest BCUT2D eigenvalue weighted by Crippen LogP contribution is 2.47. The molecule has 4 aromatic rings. The number of anilines is 1. The number of fused-ring (bicyclic) bond motifs is 2. The molecule has 1 saturated heterocycles. The van der Waals surface area contributed by atoms with Crippen molar-refractivity contribution in [3.8, 4) is 23.1 Å². The number of hydrogen-bond acceptors (Lipinski definition) is 7. The molecule has 2 aliphatic heterocycles. The number of carbonyl (C=O) groups excluding carboxylic acids is 1. The number of carbonyl (C=O) groups is 2. The van der Waals surface area contributed by atoms with Gasteiger partial charge >= 0.3 is 5.97 Å². The first-order chi connectivity index (χ1) is 24.0. The van der Waals surface area contributed by atoms with E-state index in [-0.39, 0.29) is 25.1 Å². The number of amides is 1. The van der Waals surface area contributed by atoms with E-state index in [4.69, 9.17) is 14.2 Å². The summed E-state index contributed by atoms with van der Waals surface area (Å²) in [4.78, 5) is 31.5. The molecule has 3 atom stereocenters. The molecule has 1 unspecified atom stereocenters. The normalized spacial score (nSPS) is 18.9. The molecule has 2 N–H and O–H groups in total.